The number of hydrogen-bond acceptors (Lipinski definition) is 4. The molecule has 0 aliphatic carbocycles. The number of nitrogens with one attached hydrogen (secondary N) is 1. The van der Waals surface area contributed by atoms with E-state index < -0.39 is 0 Å². The maximum Gasteiger partial charge on any atom is 0.306 e. The van der Waals surface area contributed by atoms with Crippen molar-refractivity contribution in [2.75, 3.05) is 19.7 Å². The van der Waals surface area contributed by atoms with Gasteiger partial charge in [0.25, 0.3) is 0 Å². The van der Waals surface area contributed by atoms with E-state index in [-0.39, 0.29) is 18.7 Å². The molecule has 0 rings (SSSR count). The third kappa shape index (κ3) is 26.0. The number of carbonyl (C=O) groups excluding carboxylic acids is 1. The van der Waals surface area contributed by atoms with Gasteiger partial charge in [0.15, 0.2) is 0 Å². The maximum atomic E-state index is 12.4. The molecule has 0 spiro atoms. The standard InChI is InChI=1S/C30H61NO3/c1-3-5-7-9-11-12-15-19-24-29(23-18-14-10-8-6-4-2)34-30(33)25-20-16-13-17-21-26-31-27-22-28-32/h29,31-32H,3-28H2,1-2H3. The molecule has 0 aromatic carbocycles. The zero-order valence-electron chi connectivity index (χ0n) is 23.2. The summed E-state index contributed by atoms with van der Waals surface area (Å²) in [5, 5.41) is 12.1. The first-order valence-corrected chi connectivity index (χ1v) is 15.3. The summed E-state index contributed by atoms with van der Waals surface area (Å²) < 4.78 is 5.95. The Labute approximate surface area is 213 Å². The highest BCUT2D eigenvalue weighted by Gasteiger charge is 2.14. The van der Waals surface area contributed by atoms with E-state index in [0.29, 0.717) is 6.42 Å². The Bertz CT molecular complexity index is 403. The van der Waals surface area contributed by atoms with Gasteiger partial charge < -0.3 is 15.2 Å². The molecule has 0 aromatic rings. The lowest BCUT2D eigenvalue weighted by Gasteiger charge is -2.18. The van der Waals surface area contributed by atoms with Crippen LogP contribution in [0.4, 0.5) is 0 Å². The van der Waals surface area contributed by atoms with Crippen LogP contribution in [0.25, 0.3) is 0 Å². The molecule has 0 amide bonds. The first-order chi connectivity index (χ1) is 16.7. The Kier molecular flexibility index (Phi) is 28.1. The minimum atomic E-state index is 0.0289. The Balaban J connectivity index is 3.95. The van der Waals surface area contributed by atoms with Gasteiger partial charge in [-0.05, 0) is 58.0 Å². The number of ether oxygens (including phenoxy) is 1. The van der Waals surface area contributed by atoms with E-state index in [0.717, 1.165) is 45.2 Å². The van der Waals surface area contributed by atoms with Gasteiger partial charge in [-0.15, -0.1) is 0 Å². The molecule has 204 valence electrons. The van der Waals surface area contributed by atoms with E-state index in [2.05, 4.69) is 19.2 Å². The van der Waals surface area contributed by atoms with Crippen molar-refractivity contribution < 1.29 is 14.6 Å². The second kappa shape index (κ2) is 28.6. The van der Waals surface area contributed by atoms with Gasteiger partial charge in [0.05, 0.1) is 0 Å². The molecule has 0 bridgehead atoms. The van der Waals surface area contributed by atoms with E-state index in [1.54, 1.807) is 0 Å². The summed E-state index contributed by atoms with van der Waals surface area (Å²) in [7, 11) is 0. The average molecular weight is 484 g/mol. The van der Waals surface area contributed by atoms with Crippen LogP contribution in [0.1, 0.15) is 162 Å². The van der Waals surface area contributed by atoms with Crippen LogP contribution >= 0.6 is 0 Å². The molecular formula is C30H61NO3. The second-order valence-corrected chi connectivity index (χ2v) is 10.3. The second-order valence-electron chi connectivity index (χ2n) is 10.3. The minimum absolute atomic E-state index is 0.0289. The molecule has 1 unspecified atom stereocenters. The van der Waals surface area contributed by atoms with Crippen LogP contribution in [0.3, 0.4) is 0 Å². The molecule has 0 saturated heterocycles. The number of aliphatic hydroxyl groups excluding tert-OH is 1. The topological polar surface area (TPSA) is 58.6 Å². The number of hydrogen-bond donors (Lipinski definition) is 2. The van der Waals surface area contributed by atoms with Gasteiger partial charge in [0.2, 0.25) is 0 Å². The van der Waals surface area contributed by atoms with Crippen molar-refractivity contribution >= 4 is 5.97 Å². The van der Waals surface area contributed by atoms with Crippen LogP contribution in [-0.4, -0.2) is 36.9 Å². The highest BCUT2D eigenvalue weighted by molar-refractivity contribution is 5.69. The van der Waals surface area contributed by atoms with E-state index in [9.17, 15) is 4.79 Å². The van der Waals surface area contributed by atoms with Crippen molar-refractivity contribution in [2.24, 2.45) is 0 Å². The molecule has 0 fully saturated rings. The third-order valence-electron chi connectivity index (χ3n) is 6.80. The summed E-state index contributed by atoms with van der Waals surface area (Å²) >= 11 is 0. The van der Waals surface area contributed by atoms with Crippen LogP contribution in [0.2, 0.25) is 0 Å². The lowest BCUT2D eigenvalue weighted by Crippen LogP contribution is -2.18. The van der Waals surface area contributed by atoms with E-state index >= 15 is 0 Å². The summed E-state index contributed by atoms with van der Waals surface area (Å²) in [6, 6.07) is 0. The monoisotopic (exact) mass is 483 g/mol. The lowest BCUT2D eigenvalue weighted by molar-refractivity contribution is -0.150. The Hall–Kier alpha value is -0.610. The minimum Gasteiger partial charge on any atom is -0.462 e. The van der Waals surface area contributed by atoms with Crippen molar-refractivity contribution in [3.8, 4) is 0 Å². The van der Waals surface area contributed by atoms with Crippen LogP contribution in [0.15, 0.2) is 0 Å². The van der Waals surface area contributed by atoms with E-state index in [1.807, 2.05) is 0 Å². The average Bonchev–Trinajstić information content (AvgIpc) is 2.83. The molecule has 4 nitrogen and oxygen atoms in total. The van der Waals surface area contributed by atoms with E-state index in [4.69, 9.17) is 9.84 Å². The first kappa shape index (κ1) is 33.4. The SMILES string of the molecule is CCCCCCCCCCC(CCCCCCCC)OC(=O)CCCCCCCNCCCO. The summed E-state index contributed by atoms with van der Waals surface area (Å²) in [5.74, 6) is 0.0289. The van der Waals surface area contributed by atoms with Gasteiger partial charge in [-0.2, -0.15) is 0 Å². The molecule has 34 heavy (non-hydrogen) atoms. The number of unbranched alkanes of at least 4 members (excludes halogenated alkanes) is 16. The molecule has 0 radical (unpaired) electrons. The van der Waals surface area contributed by atoms with Crippen molar-refractivity contribution in [2.45, 2.75) is 168 Å². The molecule has 0 aromatic heterocycles. The molecule has 4 heteroatoms. The summed E-state index contributed by atoms with van der Waals surface area (Å²) in [6.45, 7) is 6.73. The van der Waals surface area contributed by atoms with Crippen molar-refractivity contribution in [1.29, 1.82) is 0 Å². The van der Waals surface area contributed by atoms with E-state index in [1.165, 1.54) is 109 Å². The van der Waals surface area contributed by atoms with Crippen molar-refractivity contribution in [1.82, 2.24) is 5.32 Å². The fourth-order valence-corrected chi connectivity index (χ4v) is 4.54. The molecule has 2 N–H and O–H groups in total. The highest BCUT2D eigenvalue weighted by atomic mass is 16.5. The Morgan fingerprint density at radius 3 is 1.59 bits per heavy atom. The molecule has 1 atom stereocenters. The largest absolute Gasteiger partial charge is 0.462 e. The normalized spacial score (nSPS) is 12.2. The summed E-state index contributed by atoms with van der Waals surface area (Å²) in [5.41, 5.74) is 0. The number of esters is 1. The predicted molar refractivity (Wildman–Crippen MR) is 147 cm³/mol. The van der Waals surface area contributed by atoms with Crippen molar-refractivity contribution in [3.05, 3.63) is 0 Å². The van der Waals surface area contributed by atoms with Gasteiger partial charge in [-0.1, -0.05) is 110 Å². The number of aliphatic hydroxyl groups is 1. The number of rotatable bonds is 28. The van der Waals surface area contributed by atoms with Gasteiger partial charge in [0.1, 0.15) is 6.10 Å². The fourth-order valence-electron chi connectivity index (χ4n) is 4.54. The van der Waals surface area contributed by atoms with Crippen LogP contribution in [0, 0.1) is 0 Å². The van der Waals surface area contributed by atoms with Crippen LogP contribution in [-0.2, 0) is 9.53 Å². The van der Waals surface area contributed by atoms with Crippen LogP contribution in [0.5, 0.6) is 0 Å². The molecule has 0 aliphatic rings. The zero-order chi connectivity index (χ0) is 25.0. The van der Waals surface area contributed by atoms with Crippen molar-refractivity contribution in [3.63, 3.8) is 0 Å². The molecule has 0 heterocycles. The summed E-state index contributed by atoms with van der Waals surface area (Å²) in [4.78, 5) is 12.4. The quantitative estimate of drug-likeness (QED) is 0.0865. The van der Waals surface area contributed by atoms with Gasteiger partial charge >= 0.3 is 5.97 Å². The maximum absolute atomic E-state index is 12.4. The first-order valence-electron chi connectivity index (χ1n) is 15.3. The Morgan fingerprint density at radius 2 is 1.06 bits per heavy atom. The van der Waals surface area contributed by atoms with Gasteiger partial charge in [-0.3, -0.25) is 4.79 Å². The smallest absolute Gasteiger partial charge is 0.306 e. The Morgan fingerprint density at radius 1 is 0.618 bits per heavy atom. The molecular weight excluding hydrogens is 422 g/mol. The fraction of sp³-hybridized carbons (Fsp3) is 0.967. The van der Waals surface area contributed by atoms with Gasteiger partial charge in [-0.25, -0.2) is 0 Å². The summed E-state index contributed by atoms with van der Waals surface area (Å²) in [6.07, 6.45) is 27.7. The highest BCUT2D eigenvalue weighted by Crippen LogP contribution is 2.18. The predicted octanol–water partition coefficient (Wildman–Crippen LogP) is 8.49. The van der Waals surface area contributed by atoms with Gasteiger partial charge in [0, 0.05) is 13.0 Å². The lowest BCUT2D eigenvalue weighted by atomic mass is 10.0. The zero-order valence-corrected chi connectivity index (χ0v) is 23.2. The number of carbonyl (C=O) groups is 1. The molecule has 0 saturated carbocycles. The third-order valence-corrected chi connectivity index (χ3v) is 6.80. The van der Waals surface area contributed by atoms with Crippen LogP contribution < -0.4 is 5.32 Å². The molecule has 0 aliphatic heterocycles.